The summed E-state index contributed by atoms with van der Waals surface area (Å²) in [7, 11) is 5.81. The van der Waals surface area contributed by atoms with Crippen molar-refractivity contribution in [2.75, 3.05) is 54.1 Å². The molecule has 1 aromatic carbocycles. The van der Waals surface area contributed by atoms with Gasteiger partial charge in [-0.05, 0) is 58.3 Å². The van der Waals surface area contributed by atoms with Gasteiger partial charge < -0.3 is 24.6 Å². The highest BCUT2D eigenvalue weighted by atomic mass is 16.5. The number of ether oxygens (including phenoxy) is 2. The monoisotopic (exact) mass is 485 g/mol. The van der Waals surface area contributed by atoms with Crippen LogP contribution in [0.5, 0.6) is 5.75 Å². The number of aromatic amines is 1. The summed E-state index contributed by atoms with van der Waals surface area (Å²) < 4.78 is 11.1. The molecule has 2 N–H and O–H groups in total. The fourth-order valence-electron chi connectivity index (χ4n) is 4.94. The SMILES string of the molecule is CNCCN(C)Cc1c[nH]nc1[C@H]1CC[C@H](N(CCOc2ccccc2)C(=O)CCCOC)CC1. The first-order chi connectivity index (χ1) is 17.1. The first kappa shape index (κ1) is 27.2. The van der Waals surface area contributed by atoms with E-state index in [0.29, 0.717) is 32.1 Å². The Balaban J connectivity index is 1.56. The van der Waals surface area contributed by atoms with E-state index in [0.717, 1.165) is 57.5 Å². The van der Waals surface area contributed by atoms with Crippen molar-refractivity contribution in [3.8, 4) is 5.75 Å². The lowest BCUT2D eigenvalue weighted by molar-refractivity contribution is -0.135. The molecule has 1 aromatic heterocycles. The van der Waals surface area contributed by atoms with Gasteiger partial charge in [-0.2, -0.15) is 5.10 Å². The Morgan fingerprint density at radius 2 is 1.91 bits per heavy atom. The van der Waals surface area contributed by atoms with Crippen molar-refractivity contribution in [1.82, 2.24) is 25.3 Å². The molecule has 0 bridgehead atoms. The average Bonchev–Trinajstić information content (AvgIpc) is 3.34. The number of carbonyl (C=O) groups excluding carboxylic acids is 1. The minimum absolute atomic E-state index is 0.203. The summed E-state index contributed by atoms with van der Waals surface area (Å²) in [6, 6.07) is 10.1. The third kappa shape index (κ3) is 8.63. The maximum Gasteiger partial charge on any atom is 0.223 e. The summed E-state index contributed by atoms with van der Waals surface area (Å²) in [4.78, 5) is 17.5. The number of likely N-dealkylation sites (N-methyl/N-ethyl adjacent to an activating group) is 2. The van der Waals surface area contributed by atoms with E-state index in [4.69, 9.17) is 9.47 Å². The molecule has 0 atom stereocenters. The second-order valence-electron chi connectivity index (χ2n) is 9.49. The summed E-state index contributed by atoms with van der Waals surface area (Å²) in [6.07, 6.45) is 7.39. The highest BCUT2D eigenvalue weighted by Crippen LogP contribution is 2.35. The van der Waals surface area contributed by atoms with Crippen LogP contribution in [0.2, 0.25) is 0 Å². The maximum atomic E-state index is 13.1. The fraction of sp³-hybridized carbons (Fsp3) is 0.630. The zero-order valence-electron chi connectivity index (χ0n) is 21.7. The van der Waals surface area contributed by atoms with Crippen LogP contribution in [-0.4, -0.2) is 86.0 Å². The first-order valence-corrected chi connectivity index (χ1v) is 12.9. The standard InChI is InChI=1S/C27H43N5O3/c1-28-15-16-31(2)21-23-20-29-30-27(23)22-11-13-24(14-12-22)32(26(33)10-7-18-34-3)17-19-35-25-8-5-4-6-9-25/h4-6,8-9,20,22,24,28H,7,10-19,21H2,1-3H3,(H,29,30)/t22-,24-. The zero-order chi connectivity index (χ0) is 24.9. The molecule has 1 aliphatic carbocycles. The number of aromatic nitrogens is 2. The Morgan fingerprint density at radius 1 is 1.14 bits per heavy atom. The molecule has 2 aromatic rings. The van der Waals surface area contributed by atoms with Crippen LogP contribution in [-0.2, 0) is 16.1 Å². The number of para-hydroxylation sites is 1. The van der Waals surface area contributed by atoms with Gasteiger partial charge in [0.05, 0.1) is 12.2 Å². The first-order valence-electron chi connectivity index (χ1n) is 12.9. The second kappa shape index (κ2) is 14.9. The molecular weight excluding hydrogens is 442 g/mol. The lowest BCUT2D eigenvalue weighted by Gasteiger charge is -2.37. The Morgan fingerprint density at radius 3 is 2.63 bits per heavy atom. The number of carbonyl (C=O) groups is 1. The van der Waals surface area contributed by atoms with E-state index in [-0.39, 0.29) is 11.9 Å². The average molecular weight is 486 g/mol. The van der Waals surface area contributed by atoms with Crippen molar-refractivity contribution in [3.63, 3.8) is 0 Å². The highest BCUT2D eigenvalue weighted by Gasteiger charge is 2.31. The molecule has 0 radical (unpaired) electrons. The molecule has 1 aliphatic rings. The number of hydrogen-bond donors (Lipinski definition) is 2. The van der Waals surface area contributed by atoms with Crippen molar-refractivity contribution in [3.05, 3.63) is 47.8 Å². The molecule has 1 fully saturated rings. The van der Waals surface area contributed by atoms with Gasteiger partial charge in [0, 0.05) is 63.5 Å². The number of nitrogens with one attached hydrogen (secondary N) is 2. The molecule has 8 heteroatoms. The summed E-state index contributed by atoms with van der Waals surface area (Å²) in [5.41, 5.74) is 2.49. The van der Waals surface area contributed by atoms with Gasteiger partial charge in [0.15, 0.2) is 0 Å². The van der Waals surface area contributed by atoms with Gasteiger partial charge in [-0.3, -0.25) is 9.89 Å². The summed E-state index contributed by atoms with van der Waals surface area (Å²) in [5.74, 6) is 1.48. The molecule has 0 unspecified atom stereocenters. The van der Waals surface area contributed by atoms with E-state index in [1.165, 1.54) is 11.3 Å². The van der Waals surface area contributed by atoms with E-state index in [1.54, 1.807) is 7.11 Å². The van der Waals surface area contributed by atoms with Gasteiger partial charge in [-0.1, -0.05) is 18.2 Å². The Kier molecular flexibility index (Phi) is 11.5. The number of benzene rings is 1. The molecule has 1 heterocycles. The normalized spacial score (nSPS) is 18.1. The Bertz CT molecular complexity index is 852. The predicted octanol–water partition coefficient (Wildman–Crippen LogP) is 3.42. The van der Waals surface area contributed by atoms with Crippen molar-refractivity contribution in [1.29, 1.82) is 0 Å². The van der Waals surface area contributed by atoms with Gasteiger partial charge in [-0.15, -0.1) is 0 Å². The topological polar surface area (TPSA) is 82.7 Å². The molecule has 0 saturated heterocycles. The molecule has 1 amide bonds. The van der Waals surface area contributed by atoms with Crippen molar-refractivity contribution < 1.29 is 14.3 Å². The van der Waals surface area contributed by atoms with Crippen LogP contribution in [0.1, 0.15) is 55.7 Å². The Hall–Kier alpha value is -2.42. The van der Waals surface area contributed by atoms with Crippen LogP contribution >= 0.6 is 0 Å². The zero-order valence-corrected chi connectivity index (χ0v) is 21.7. The number of nitrogens with zero attached hydrogens (tertiary/aromatic N) is 3. The predicted molar refractivity (Wildman–Crippen MR) is 139 cm³/mol. The second-order valence-corrected chi connectivity index (χ2v) is 9.49. The summed E-state index contributed by atoms with van der Waals surface area (Å²) in [6.45, 7) is 4.59. The van der Waals surface area contributed by atoms with Gasteiger partial charge in [0.1, 0.15) is 12.4 Å². The molecule has 0 spiro atoms. The minimum Gasteiger partial charge on any atom is -0.492 e. The summed E-state index contributed by atoms with van der Waals surface area (Å²) >= 11 is 0. The lowest BCUT2D eigenvalue weighted by Crippen LogP contribution is -2.44. The van der Waals surface area contributed by atoms with Gasteiger partial charge >= 0.3 is 0 Å². The van der Waals surface area contributed by atoms with E-state index >= 15 is 0 Å². The van der Waals surface area contributed by atoms with E-state index in [1.807, 2.05) is 43.6 Å². The van der Waals surface area contributed by atoms with Crippen molar-refractivity contribution in [2.24, 2.45) is 0 Å². The number of rotatable bonds is 15. The third-order valence-corrected chi connectivity index (χ3v) is 6.86. The molecule has 194 valence electrons. The number of H-pyrrole nitrogens is 1. The van der Waals surface area contributed by atoms with Crippen molar-refractivity contribution >= 4 is 5.91 Å². The smallest absolute Gasteiger partial charge is 0.223 e. The van der Waals surface area contributed by atoms with Crippen LogP contribution in [0.3, 0.4) is 0 Å². The van der Waals surface area contributed by atoms with Crippen LogP contribution in [0.25, 0.3) is 0 Å². The molecule has 1 saturated carbocycles. The molecule has 0 aliphatic heterocycles. The summed E-state index contributed by atoms with van der Waals surface area (Å²) in [5, 5.41) is 10.9. The van der Waals surface area contributed by atoms with Crippen molar-refractivity contribution in [2.45, 2.75) is 57.0 Å². The van der Waals surface area contributed by atoms with Crippen LogP contribution in [0.15, 0.2) is 36.5 Å². The van der Waals surface area contributed by atoms with Crippen LogP contribution in [0, 0.1) is 0 Å². The molecule has 8 nitrogen and oxygen atoms in total. The lowest BCUT2D eigenvalue weighted by atomic mass is 9.82. The quantitative estimate of drug-likeness (QED) is 0.376. The highest BCUT2D eigenvalue weighted by molar-refractivity contribution is 5.76. The van der Waals surface area contributed by atoms with Crippen LogP contribution < -0.4 is 10.1 Å². The van der Waals surface area contributed by atoms with E-state index in [9.17, 15) is 4.79 Å². The largest absolute Gasteiger partial charge is 0.492 e. The number of amides is 1. The molecular formula is C27H43N5O3. The van der Waals surface area contributed by atoms with Gasteiger partial charge in [0.2, 0.25) is 5.91 Å². The van der Waals surface area contributed by atoms with Crippen LogP contribution in [0.4, 0.5) is 0 Å². The number of methoxy groups -OCH3 is 1. The van der Waals surface area contributed by atoms with Gasteiger partial charge in [0.25, 0.3) is 0 Å². The molecule has 3 rings (SSSR count). The third-order valence-electron chi connectivity index (χ3n) is 6.86. The van der Waals surface area contributed by atoms with E-state index in [2.05, 4.69) is 32.4 Å². The minimum atomic E-state index is 0.203. The maximum absolute atomic E-state index is 13.1. The van der Waals surface area contributed by atoms with E-state index < -0.39 is 0 Å². The Labute approximate surface area is 210 Å². The number of hydrogen-bond acceptors (Lipinski definition) is 6. The van der Waals surface area contributed by atoms with Gasteiger partial charge in [-0.25, -0.2) is 0 Å². The molecule has 35 heavy (non-hydrogen) atoms. The fourth-order valence-corrected chi connectivity index (χ4v) is 4.94.